The molecule has 3 aromatic rings. The minimum atomic E-state index is -0.238. The lowest BCUT2D eigenvalue weighted by Gasteiger charge is -2.06. The Kier molecular flexibility index (Phi) is 3.17. The first-order chi connectivity index (χ1) is 10.0. The number of benzene rings is 1. The predicted molar refractivity (Wildman–Crippen MR) is 80.4 cm³/mol. The van der Waals surface area contributed by atoms with Gasteiger partial charge < -0.3 is 9.73 Å². The number of nitrogens with one attached hydrogen (secondary N) is 1. The largest absolute Gasteiger partial charge is 0.441 e. The number of rotatable bonds is 2. The Balaban J connectivity index is 1.86. The van der Waals surface area contributed by atoms with Crippen molar-refractivity contribution in [1.29, 1.82) is 0 Å². The van der Waals surface area contributed by atoms with Gasteiger partial charge in [0.25, 0.3) is 5.91 Å². The van der Waals surface area contributed by atoms with E-state index in [0.29, 0.717) is 22.9 Å². The first-order valence-electron chi connectivity index (χ1n) is 6.66. The average molecular weight is 281 g/mol. The monoisotopic (exact) mass is 281 g/mol. The summed E-state index contributed by atoms with van der Waals surface area (Å²) in [5, 5.41) is 2.82. The first-order valence-corrected chi connectivity index (χ1v) is 6.66. The summed E-state index contributed by atoms with van der Waals surface area (Å²) in [7, 11) is 0. The van der Waals surface area contributed by atoms with E-state index in [1.165, 1.54) is 0 Å². The van der Waals surface area contributed by atoms with Crippen LogP contribution >= 0.6 is 0 Å². The normalized spacial score (nSPS) is 10.8. The molecule has 2 aromatic heterocycles. The fourth-order valence-corrected chi connectivity index (χ4v) is 2.07. The maximum atomic E-state index is 12.2. The van der Waals surface area contributed by atoms with Gasteiger partial charge in [-0.3, -0.25) is 4.79 Å². The van der Waals surface area contributed by atoms with Gasteiger partial charge in [-0.05, 0) is 43.7 Å². The summed E-state index contributed by atoms with van der Waals surface area (Å²) >= 11 is 0. The molecule has 0 aliphatic carbocycles. The molecule has 0 saturated heterocycles. The Morgan fingerprint density at radius 1 is 1.10 bits per heavy atom. The van der Waals surface area contributed by atoms with Gasteiger partial charge in [-0.25, -0.2) is 9.97 Å². The van der Waals surface area contributed by atoms with Crippen molar-refractivity contribution in [1.82, 2.24) is 9.97 Å². The van der Waals surface area contributed by atoms with Crippen molar-refractivity contribution in [2.45, 2.75) is 20.8 Å². The minimum absolute atomic E-state index is 0.238. The van der Waals surface area contributed by atoms with E-state index in [0.717, 1.165) is 16.8 Å². The summed E-state index contributed by atoms with van der Waals surface area (Å²) in [5.74, 6) is 0.363. The van der Waals surface area contributed by atoms with Crippen molar-refractivity contribution in [2.24, 2.45) is 0 Å². The second-order valence-corrected chi connectivity index (χ2v) is 4.97. The highest BCUT2D eigenvalue weighted by molar-refractivity contribution is 6.03. The molecule has 2 heterocycles. The van der Waals surface area contributed by atoms with E-state index in [1.807, 2.05) is 19.9 Å². The van der Waals surface area contributed by atoms with Crippen LogP contribution in [0.1, 0.15) is 27.6 Å². The van der Waals surface area contributed by atoms with E-state index < -0.39 is 0 Å². The highest BCUT2D eigenvalue weighted by Gasteiger charge is 2.10. The number of nitrogens with zero attached hydrogens (tertiary/aromatic N) is 2. The number of aryl methyl sites for hydroxylation is 3. The number of hydrogen-bond acceptors (Lipinski definition) is 4. The van der Waals surface area contributed by atoms with Crippen LogP contribution in [0.2, 0.25) is 0 Å². The second kappa shape index (κ2) is 5.01. The zero-order chi connectivity index (χ0) is 15.0. The number of oxazole rings is 1. The molecule has 106 valence electrons. The van der Waals surface area contributed by atoms with Crippen LogP contribution in [0.15, 0.2) is 34.7 Å². The smallest absolute Gasteiger partial charge is 0.274 e. The lowest BCUT2D eigenvalue weighted by molar-refractivity contribution is 0.102. The minimum Gasteiger partial charge on any atom is -0.441 e. The molecule has 0 saturated carbocycles. The Morgan fingerprint density at radius 2 is 1.90 bits per heavy atom. The van der Waals surface area contributed by atoms with Crippen LogP contribution < -0.4 is 5.32 Å². The molecule has 0 spiro atoms. The molecule has 0 bridgehead atoms. The van der Waals surface area contributed by atoms with E-state index in [9.17, 15) is 4.79 Å². The highest BCUT2D eigenvalue weighted by atomic mass is 16.3. The van der Waals surface area contributed by atoms with Gasteiger partial charge in [0.15, 0.2) is 11.5 Å². The number of hydrogen-bond donors (Lipinski definition) is 1. The molecule has 0 aliphatic rings. The van der Waals surface area contributed by atoms with Gasteiger partial charge in [-0.15, -0.1) is 0 Å². The number of carbonyl (C=O) groups is 1. The molecule has 5 nitrogen and oxygen atoms in total. The van der Waals surface area contributed by atoms with Crippen LogP contribution in [-0.4, -0.2) is 15.9 Å². The third-order valence-electron chi connectivity index (χ3n) is 3.34. The van der Waals surface area contributed by atoms with E-state index in [-0.39, 0.29) is 5.91 Å². The van der Waals surface area contributed by atoms with Gasteiger partial charge in [-0.2, -0.15) is 0 Å². The fourth-order valence-electron chi connectivity index (χ4n) is 2.07. The Morgan fingerprint density at radius 3 is 2.67 bits per heavy atom. The lowest BCUT2D eigenvalue weighted by Crippen LogP contribution is -2.14. The van der Waals surface area contributed by atoms with Gasteiger partial charge in [0.1, 0.15) is 11.2 Å². The highest BCUT2D eigenvalue weighted by Crippen LogP contribution is 2.20. The van der Waals surface area contributed by atoms with E-state index in [4.69, 9.17) is 4.42 Å². The summed E-state index contributed by atoms with van der Waals surface area (Å²) in [6.45, 7) is 5.64. The van der Waals surface area contributed by atoms with Crippen molar-refractivity contribution < 1.29 is 9.21 Å². The van der Waals surface area contributed by atoms with Gasteiger partial charge in [0.05, 0.1) is 0 Å². The number of carbonyl (C=O) groups excluding carboxylic acids is 1. The van der Waals surface area contributed by atoms with Crippen LogP contribution in [0.3, 0.4) is 0 Å². The third kappa shape index (κ3) is 2.63. The second-order valence-electron chi connectivity index (χ2n) is 4.97. The molecule has 1 aromatic carbocycles. The van der Waals surface area contributed by atoms with E-state index in [2.05, 4.69) is 15.3 Å². The fraction of sp³-hybridized carbons (Fsp3) is 0.188. The molecule has 0 fully saturated rings. The molecule has 0 atom stereocenters. The maximum absolute atomic E-state index is 12.2. The molecule has 0 aliphatic heterocycles. The quantitative estimate of drug-likeness (QED) is 0.781. The summed E-state index contributed by atoms with van der Waals surface area (Å²) in [5.41, 5.74) is 4.40. The molecule has 0 radical (unpaired) electrons. The van der Waals surface area contributed by atoms with E-state index >= 15 is 0 Å². The Hall–Kier alpha value is -2.69. The zero-order valence-corrected chi connectivity index (χ0v) is 12.1. The lowest BCUT2D eigenvalue weighted by atomic mass is 10.2. The third-order valence-corrected chi connectivity index (χ3v) is 3.34. The van der Waals surface area contributed by atoms with Gasteiger partial charge in [-0.1, -0.05) is 6.07 Å². The standard InChI is InChI=1S/C16H15N3O2/c1-9-4-6-13(17-10(9)2)16(20)19-12-5-7-15-14(8-12)18-11(3)21-15/h4-8H,1-3H3,(H,19,20). The molecular formula is C16H15N3O2. The maximum Gasteiger partial charge on any atom is 0.274 e. The van der Waals surface area contributed by atoms with Crippen molar-refractivity contribution >= 4 is 22.7 Å². The van der Waals surface area contributed by atoms with E-state index in [1.54, 1.807) is 31.2 Å². The summed E-state index contributed by atoms with van der Waals surface area (Å²) in [6, 6.07) is 8.97. The molecule has 3 rings (SSSR count). The van der Waals surface area contributed by atoms with Gasteiger partial charge in [0.2, 0.25) is 0 Å². The van der Waals surface area contributed by atoms with Crippen molar-refractivity contribution in [3.05, 3.63) is 53.2 Å². The summed E-state index contributed by atoms with van der Waals surface area (Å²) in [4.78, 5) is 20.7. The Bertz CT molecular complexity index is 837. The van der Waals surface area contributed by atoms with Crippen LogP contribution in [-0.2, 0) is 0 Å². The molecular weight excluding hydrogens is 266 g/mol. The van der Waals surface area contributed by atoms with Crippen LogP contribution in [0.4, 0.5) is 5.69 Å². The molecule has 0 unspecified atom stereocenters. The zero-order valence-electron chi connectivity index (χ0n) is 12.1. The van der Waals surface area contributed by atoms with Crippen molar-refractivity contribution in [3.8, 4) is 0 Å². The number of aromatic nitrogens is 2. The van der Waals surface area contributed by atoms with Crippen molar-refractivity contribution in [2.75, 3.05) is 5.32 Å². The summed E-state index contributed by atoms with van der Waals surface area (Å²) < 4.78 is 5.41. The molecule has 5 heteroatoms. The SMILES string of the molecule is Cc1nc2cc(NC(=O)c3ccc(C)c(C)n3)ccc2o1. The molecule has 21 heavy (non-hydrogen) atoms. The Labute approximate surface area is 122 Å². The number of pyridine rings is 1. The molecule has 1 N–H and O–H groups in total. The topological polar surface area (TPSA) is 68.0 Å². The molecule has 1 amide bonds. The number of fused-ring (bicyclic) bond motifs is 1. The average Bonchev–Trinajstić information content (AvgIpc) is 2.81. The van der Waals surface area contributed by atoms with Crippen molar-refractivity contribution in [3.63, 3.8) is 0 Å². The van der Waals surface area contributed by atoms with Gasteiger partial charge >= 0.3 is 0 Å². The van der Waals surface area contributed by atoms with Crippen LogP contribution in [0.25, 0.3) is 11.1 Å². The first kappa shape index (κ1) is 13.3. The number of anilines is 1. The summed E-state index contributed by atoms with van der Waals surface area (Å²) in [6.07, 6.45) is 0. The number of amides is 1. The predicted octanol–water partition coefficient (Wildman–Crippen LogP) is 3.40. The van der Waals surface area contributed by atoms with Crippen LogP contribution in [0, 0.1) is 20.8 Å². The van der Waals surface area contributed by atoms with Gasteiger partial charge in [0, 0.05) is 18.3 Å². The van der Waals surface area contributed by atoms with Crippen LogP contribution in [0.5, 0.6) is 0 Å².